The highest BCUT2D eigenvalue weighted by atomic mass is 35.5. The lowest BCUT2D eigenvalue weighted by Gasteiger charge is -2.31. The predicted octanol–water partition coefficient (Wildman–Crippen LogP) is 3.41. The van der Waals surface area contributed by atoms with Crippen LogP contribution in [0, 0.1) is 0 Å². The summed E-state index contributed by atoms with van der Waals surface area (Å²) in [6, 6.07) is 6.03. The lowest BCUT2D eigenvalue weighted by molar-refractivity contribution is 0.0888. The van der Waals surface area contributed by atoms with E-state index in [2.05, 4.69) is 37.5 Å². The molecule has 20 heavy (non-hydrogen) atoms. The Hall–Kier alpha value is -1.06. The summed E-state index contributed by atoms with van der Waals surface area (Å²) in [6.07, 6.45) is 2.91. The van der Waals surface area contributed by atoms with Gasteiger partial charge in [0.15, 0.2) is 0 Å². The van der Waals surface area contributed by atoms with Crippen LogP contribution < -0.4 is 10.6 Å². The van der Waals surface area contributed by atoms with E-state index in [1.807, 2.05) is 12.1 Å². The monoisotopic (exact) mass is 296 g/mol. The van der Waals surface area contributed by atoms with Crippen molar-refractivity contribution < 1.29 is 4.79 Å². The van der Waals surface area contributed by atoms with Gasteiger partial charge < -0.3 is 10.6 Å². The number of nitrogens with one attached hydrogen (secondary N) is 2. The normalized spacial score (nSPS) is 13.6. The number of amides is 1. The van der Waals surface area contributed by atoms with Crippen LogP contribution in [0.25, 0.3) is 0 Å². The van der Waals surface area contributed by atoms with Gasteiger partial charge in [0.25, 0.3) is 5.91 Å². The first-order chi connectivity index (χ1) is 9.14. The van der Waals surface area contributed by atoms with Crippen molar-refractivity contribution in [2.75, 3.05) is 0 Å². The zero-order valence-electron chi connectivity index (χ0n) is 12.6. The summed E-state index contributed by atoms with van der Waals surface area (Å²) < 4.78 is 0. The molecule has 1 aromatic rings. The SMILES string of the molecule is CCC(CC)(CC)NC(=O)c1ccc2c(c1)CNC2.Cl. The third kappa shape index (κ3) is 3.33. The first-order valence-electron chi connectivity index (χ1n) is 7.29. The van der Waals surface area contributed by atoms with Crippen molar-refractivity contribution in [3.63, 3.8) is 0 Å². The predicted molar refractivity (Wildman–Crippen MR) is 85.3 cm³/mol. The molecule has 0 bridgehead atoms. The molecule has 1 heterocycles. The molecule has 2 rings (SSSR count). The molecular formula is C16H25ClN2O. The molecule has 1 aromatic carbocycles. The van der Waals surface area contributed by atoms with Gasteiger partial charge in [0.2, 0.25) is 0 Å². The van der Waals surface area contributed by atoms with Gasteiger partial charge in [-0.1, -0.05) is 26.8 Å². The number of fused-ring (bicyclic) bond motifs is 1. The minimum Gasteiger partial charge on any atom is -0.347 e. The summed E-state index contributed by atoms with van der Waals surface area (Å²) in [5.74, 6) is 0.0558. The second kappa shape index (κ2) is 7.09. The quantitative estimate of drug-likeness (QED) is 0.874. The van der Waals surface area contributed by atoms with E-state index in [1.54, 1.807) is 0 Å². The number of hydrogen-bond donors (Lipinski definition) is 2. The Bertz CT molecular complexity index is 461. The minimum absolute atomic E-state index is 0. The van der Waals surface area contributed by atoms with Crippen LogP contribution in [0.1, 0.15) is 61.5 Å². The molecule has 0 aliphatic carbocycles. The third-order valence-corrected chi connectivity index (χ3v) is 4.51. The lowest BCUT2D eigenvalue weighted by atomic mass is 9.89. The highest BCUT2D eigenvalue weighted by Gasteiger charge is 2.26. The first kappa shape index (κ1) is 17.0. The summed E-state index contributed by atoms with van der Waals surface area (Å²) >= 11 is 0. The summed E-state index contributed by atoms with van der Waals surface area (Å²) in [7, 11) is 0. The number of halogens is 1. The Morgan fingerprint density at radius 2 is 1.75 bits per heavy atom. The molecule has 0 saturated carbocycles. The van der Waals surface area contributed by atoms with Gasteiger partial charge in [0.05, 0.1) is 0 Å². The highest BCUT2D eigenvalue weighted by Crippen LogP contribution is 2.21. The van der Waals surface area contributed by atoms with E-state index < -0.39 is 0 Å². The van der Waals surface area contributed by atoms with Gasteiger partial charge in [-0.25, -0.2) is 0 Å². The maximum atomic E-state index is 12.4. The molecule has 0 unspecified atom stereocenters. The molecule has 2 N–H and O–H groups in total. The lowest BCUT2D eigenvalue weighted by Crippen LogP contribution is -2.47. The second-order valence-corrected chi connectivity index (χ2v) is 5.38. The molecule has 0 saturated heterocycles. The van der Waals surface area contributed by atoms with E-state index in [9.17, 15) is 4.79 Å². The second-order valence-electron chi connectivity index (χ2n) is 5.38. The largest absolute Gasteiger partial charge is 0.347 e. The summed E-state index contributed by atoms with van der Waals surface area (Å²) in [6.45, 7) is 8.21. The van der Waals surface area contributed by atoms with Crippen LogP contribution in [0.4, 0.5) is 0 Å². The molecule has 0 fully saturated rings. The van der Waals surface area contributed by atoms with Gasteiger partial charge in [0, 0.05) is 24.2 Å². The van der Waals surface area contributed by atoms with E-state index in [0.29, 0.717) is 0 Å². The average molecular weight is 297 g/mol. The zero-order chi connectivity index (χ0) is 13.9. The minimum atomic E-state index is -0.0612. The first-order valence-corrected chi connectivity index (χ1v) is 7.29. The van der Waals surface area contributed by atoms with Gasteiger partial charge in [-0.05, 0) is 42.5 Å². The Balaban J connectivity index is 0.00000200. The van der Waals surface area contributed by atoms with Crippen molar-refractivity contribution in [2.45, 2.75) is 58.7 Å². The molecule has 1 amide bonds. The molecule has 1 aliphatic heterocycles. The number of carbonyl (C=O) groups excluding carboxylic acids is 1. The van der Waals surface area contributed by atoms with Crippen molar-refractivity contribution in [1.29, 1.82) is 0 Å². The average Bonchev–Trinajstić information content (AvgIpc) is 2.92. The zero-order valence-corrected chi connectivity index (χ0v) is 13.4. The maximum Gasteiger partial charge on any atom is 0.251 e. The molecule has 3 nitrogen and oxygen atoms in total. The van der Waals surface area contributed by atoms with Crippen molar-refractivity contribution in [1.82, 2.24) is 10.6 Å². The van der Waals surface area contributed by atoms with Crippen molar-refractivity contribution in [2.24, 2.45) is 0 Å². The number of carbonyl (C=O) groups is 1. The van der Waals surface area contributed by atoms with Crippen LogP contribution in [-0.2, 0) is 13.1 Å². The van der Waals surface area contributed by atoms with Crippen LogP contribution in [0.5, 0.6) is 0 Å². The number of hydrogen-bond acceptors (Lipinski definition) is 2. The van der Waals surface area contributed by atoms with Crippen molar-refractivity contribution in [3.8, 4) is 0 Å². The molecule has 0 radical (unpaired) electrons. The summed E-state index contributed by atoms with van der Waals surface area (Å²) in [4.78, 5) is 12.4. The maximum absolute atomic E-state index is 12.4. The third-order valence-electron chi connectivity index (χ3n) is 4.51. The highest BCUT2D eigenvalue weighted by molar-refractivity contribution is 5.95. The van der Waals surface area contributed by atoms with Gasteiger partial charge in [-0.2, -0.15) is 0 Å². The summed E-state index contributed by atoms with van der Waals surface area (Å²) in [5, 5.41) is 6.53. The van der Waals surface area contributed by atoms with Crippen molar-refractivity contribution in [3.05, 3.63) is 34.9 Å². The van der Waals surface area contributed by atoms with Gasteiger partial charge >= 0.3 is 0 Å². The molecule has 0 atom stereocenters. The Labute approximate surface area is 127 Å². The molecule has 0 aromatic heterocycles. The van der Waals surface area contributed by atoms with E-state index in [1.165, 1.54) is 11.1 Å². The van der Waals surface area contributed by atoms with Crippen LogP contribution in [0.3, 0.4) is 0 Å². The standard InChI is InChI=1S/C16H24N2O.ClH/c1-4-16(5-2,6-3)18-15(19)12-7-8-13-10-17-11-14(13)9-12;/h7-9,17H,4-6,10-11H2,1-3H3,(H,18,19);1H. The van der Waals surface area contributed by atoms with Crippen molar-refractivity contribution >= 4 is 18.3 Å². The molecule has 0 spiro atoms. The fourth-order valence-corrected chi connectivity index (χ4v) is 2.76. The Morgan fingerprint density at radius 1 is 1.15 bits per heavy atom. The molecule has 1 aliphatic rings. The topological polar surface area (TPSA) is 41.1 Å². The van der Waals surface area contributed by atoms with Gasteiger partial charge in [0.1, 0.15) is 0 Å². The van der Waals surface area contributed by atoms with E-state index in [4.69, 9.17) is 0 Å². The van der Waals surface area contributed by atoms with E-state index in [0.717, 1.165) is 37.9 Å². The van der Waals surface area contributed by atoms with Crippen LogP contribution >= 0.6 is 12.4 Å². The van der Waals surface area contributed by atoms with E-state index in [-0.39, 0.29) is 23.9 Å². The van der Waals surface area contributed by atoms with Gasteiger partial charge in [-0.3, -0.25) is 4.79 Å². The molecule has 4 heteroatoms. The molecule has 112 valence electrons. The fraction of sp³-hybridized carbons (Fsp3) is 0.562. The fourth-order valence-electron chi connectivity index (χ4n) is 2.76. The van der Waals surface area contributed by atoms with Crippen LogP contribution in [0.15, 0.2) is 18.2 Å². The molecular weight excluding hydrogens is 272 g/mol. The smallest absolute Gasteiger partial charge is 0.251 e. The van der Waals surface area contributed by atoms with E-state index >= 15 is 0 Å². The van der Waals surface area contributed by atoms with Crippen LogP contribution in [0.2, 0.25) is 0 Å². The summed E-state index contributed by atoms with van der Waals surface area (Å²) in [5.41, 5.74) is 3.28. The number of benzene rings is 1. The number of rotatable bonds is 5. The Kier molecular flexibility index (Phi) is 6.03. The van der Waals surface area contributed by atoms with Gasteiger partial charge in [-0.15, -0.1) is 12.4 Å². The van der Waals surface area contributed by atoms with Crippen LogP contribution in [-0.4, -0.2) is 11.4 Å². The Morgan fingerprint density at radius 3 is 2.35 bits per heavy atom.